The van der Waals surface area contributed by atoms with Gasteiger partial charge in [0, 0.05) is 11.6 Å². The first-order chi connectivity index (χ1) is 13.0. The summed E-state index contributed by atoms with van der Waals surface area (Å²) in [6.07, 6.45) is 2.33. The van der Waals surface area contributed by atoms with Crippen molar-refractivity contribution in [1.82, 2.24) is 30.8 Å². The number of phenols is 2. The van der Waals surface area contributed by atoms with Crippen LogP contribution in [0.4, 0.5) is 5.13 Å². The number of anilines is 1. The van der Waals surface area contributed by atoms with E-state index in [0.29, 0.717) is 10.6 Å². The first-order valence-electron chi connectivity index (χ1n) is 7.34. The number of phenolic OH excluding ortho intramolecular Hbond substituents is 2. The van der Waals surface area contributed by atoms with Crippen LogP contribution in [0, 0.1) is 0 Å². The summed E-state index contributed by atoms with van der Waals surface area (Å²) in [5.41, 5.74) is 2.60. The second-order valence-electron chi connectivity index (χ2n) is 5.00. The number of hydrogen-bond donors (Lipinski definition) is 5. The largest absolute Gasteiger partial charge is 0.508 e. The van der Waals surface area contributed by atoms with E-state index in [1.54, 1.807) is 0 Å². The van der Waals surface area contributed by atoms with Crippen molar-refractivity contribution in [2.24, 2.45) is 5.10 Å². The van der Waals surface area contributed by atoms with E-state index in [4.69, 9.17) is 0 Å². The molecule has 0 atom stereocenters. The van der Waals surface area contributed by atoms with Crippen LogP contribution in [-0.4, -0.2) is 53.6 Å². The van der Waals surface area contributed by atoms with Crippen molar-refractivity contribution in [3.05, 3.63) is 40.9 Å². The molecule has 138 valence electrons. The second-order valence-corrected chi connectivity index (χ2v) is 6.06. The minimum absolute atomic E-state index is 0.0244. The molecule has 0 unspecified atom stereocenters. The third kappa shape index (κ3) is 4.82. The lowest BCUT2D eigenvalue weighted by Gasteiger charge is -1.99. The van der Waals surface area contributed by atoms with Gasteiger partial charge in [-0.15, -0.1) is 10.2 Å². The summed E-state index contributed by atoms with van der Waals surface area (Å²) in [6.45, 7) is 0. The number of aromatic hydroxyl groups is 2. The van der Waals surface area contributed by atoms with Crippen molar-refractivity contribution in [3.8, 4) is 11.5 Å². The van der Waals surface area contributed by atoms with E-state index in [1.165, 1.54) is 24.7 Å². The molecule has 0 aliphatic rings. The van der Waals surface area contributed by atoms with Gasteiger partial charge in [0.1, 0.15) is 22.8 Å². The Bertz CT molecular complexity index is 985. The lowest BCUT2D eigenvalue weighted by Crippen LogP contribution is -2.19. The molecule has 2 amide bonds. The summed E-state index contributed by atoms with van der Waals surface area (Å²) < 4.78 is 0. The number of amides is 2. The van der Waals surface area contributed by atoms with Crippen LogP contribution in [0.15, 0.2) is 29.6 Å². The van der Waals surface area contributed by atoms with Gasteiger partial charge in [0.2, 0.25) is 16.9 Å². The molecule has 0 radical (unpaired) electrons. The molecule has 0 aliphatic heterocycles. The molecule has 12 nitrogen and oxygen atoms in total. The van der Waals surface area contributed by atoms with E-state index in [9.17, 15) is 19.8 Å². The number of H-pyrrole nitrogens is 1. The topological polar surface area (TPSA) is 178 Å². The van der Waals surface area contributed by atoms with E-state index in [-0.39, 0.29) is 28.9 Å². The van der Waals surface area contributed by atoms with E-state index in [1.807, 2.05) is 0 Å². The second kappa shape index (κ2) is 8.01. The molecule has 27 heavy (non-hydrogen) atoms. The number of nitrogens with zero attached hydrogens (tertiary/aromatic N) is 5. The highest BCUT2D eigenvalue weighted by atomic mass is 32.1. The van der Waals surface area contributed by atoms with Crippen LogP contribution in [0.2, 0.25) is 0 Å². The van der Waals surface area contributed by atoms with Gasteiger partial charge in [-0.2, -0.15) is 10.2 Å². The third-order valence-corrected chi connectivity index (χ3v) is 3.87. The zero-order valence-corrected chi connectivity index (χ0v) is 14.3. The molecule has 0 aliphatic carbocycles. The summed E-state index contributed by atoms with van der Waals surface area (Å²) in [5.74, 6) is -1.23. The number of aromatic amines is 1. The van der Waals surface area contributed by atoms with Crippen LogP contribution in [0.1, 0.15) is 21.2 Å². The molecular weight excluding hydrogens is 376 g/mol. The predicted molar refractivity (Wildman–Crippen MR) is 93.5 cm³/mol. The SMILES string of the molecule is O=C(Cc1nnc(NC(=O)c2ncn[nH]2)s1)N/N=C\c1ccc(O)cc1O. The Morgan fingerprint density at radius 3 is 2.89 bits per heavy atom. The van der Waals surface area contributed by atoms with Crippen molar-refractivity contribution < 1.29 is 19.8 Å². The highest BCUT2D eigenvalue weighted by Crippen LogP contribution is 2.20. The van der Waals surface area contributed by atoms with Gasteiger partial charge in [-0.25, -0.2) is 10.4 Å². The monoisotopic (exact) mass is 388 g/mol. The zero-order chi connectivity index (χ0) is 19.2. The molecule has 0 bridgehead atoms. The van der Waals surface area contributed by atoms with Gasteiger partial charge in [-0.1, -0.05) is 11.3 Å². The minimum atomic E-state index is -0.530. The number of carbonyl (C=O) groups excluding carboxylic acids is 2. The Labute approximate surface area is 155 Å². The van der Waals surface area contributed by atoms with Crippen LogP contribution in [0.3, 0.4) is 0 Å². The van der Waals surface area contributed by atoms with Crippen molar-refractivity contribution in [2.75, 3.05) is 5.32 Å². The first-order valence-corrected chi connectivity index (χ1v) is 8.16. The highest BCUT2D eigenvalue weighted by Gasteiger charge is 2.14. The minimum Gasteiger partial charge on any atom is -0.508 e. The molecule has 0 fully saturated rings. The molecule has 0 saturated heterocycles. The maximum absolute atomic E-state index is 11.9. The average molecular weight is 388 g/mol. The summed E-state index contributed by atoms with van der Waals surface area (Å²) in [7, 11) is 0. The normalized spacial score (nSPS) is 10.8. The van der Waals surface area contributed by atoms with E-state index >= 15 is 0 Å². The fraction of sp³-hybridized carbons (Fsp3) is 0.0714. The number of benzene rings is 1. The molecule has 1 aromatic carbocycles. The highest BCUT2D eigenvalue weighted by molar-refractivity contribution is 7.15. The number of rotatable bonds is 6. The van der Waals surface area contributed by atoms with Gasteiger partial charge < -0.3 is 10.2 Å². The third-order valence-electron chi connectivity index (χ3n) is 3.04. The standard InChI is InChI=1S/C14H12N8O4S/c23-8-2-1-7(9(24)3-8)5-16-19-10(25)4-11-20-22-14(27-11)18-13(26)12-15-6-17-21-12/h1-3,5-6,23-24H,4H2,(H,19,25)(H,15,17,21)(H,18,22,26)/b16-5-. The van der Waals surface area contributed by atoms with E-state index < -0.39 is 11.8 Å². The van der Waals surface area contributed by atoms with Crippen molar-refractivity contribution in [1.29, 1.82) is 0 Å². The van der Waals surface area contributed by atoms with E-state index in [0.717, 1.165) is 17.4 Å². The summed E-state index contributed by atoms with van der Waals surface area (Å²) in [4.78, 5) is 27.4. The Morgan fingerprint density at radius 2 is 2.15 bits per heavy atom. The Kier molecular flexibility index (Phi) is 5.32. The smallest absolute Gasteiger partial charge is 0.294 e. The molecule has 2 heterocycles. The number of carbonyl (C=O) groups is 2. The van der Waals surface area contributed by atoms with Crippen molar-refractivity contribution in [3.63, 3.8) is 0 Å². The van der Waals surface area contributed by atoms with Gasteiger partial charge in [0.05, 0.1) is 12.6 Å². The molecule has 2 aromatic heterocycles. The zero-order valence-electron chi connectivity index (χ0n) is 13.4. The molecule has 0 spiro atoms. The van der Waals surface area contributed by atoms with Gasteiger partial charge in [0.25, 0.3) is 5.91 Å². The lowest BCUT2D eigenvalue weighted by molar-refractivity contribution is -0.120. The van der Waals surface area contributed by atoms with Crippen LogP contribution < -0.4 is 10.7 Å². The van der Waals surface area contributed by atoms with Crippen LogP contribution >= 0.6 is 11.3 Å². The molecule has 13 heteroatoms. The van der Waals surface area contributed by atoms with Crippen LogP contribution in [0.25, 0.3) is 0 Å². The van der Waals surface area contributed by atoms with Gasteiger partial charge in [-0.05, 0) is 12.1 Å². The molecule has 5 N–H and O–H groups in total. The Balaban J connectivity index is 1.51. The maximum atomic E-state index is 11.9. The number of aromatic nitrogens is 5. The average Bonchev–Trinajstić information content (AvgIpc) is 3.29. The molecular formula is C14H12N8O4S. The van der Waals surface area contributed by atoms with Gasteiger partial charge >= 0.3 is 0 Å². The summed E-state index contributed by atoms with van der Waals surface area (Å²) in [6, 6.07) is 3.96. The van der Waals surface area contributed by atoms with Crippen LogP contribution in [0.5, 0.6) is 11.5 Å². The number of hydrazone groups is 1. The molecule has 3 aromatic rings. The first kappa shape index (κ1) is 17.9. The Morgan fingerprint density at radius 1 is 1.30 bits per heavy atom. The summed E-state index contributed by atoms with van der Waals surface area (Å²) >= 11 is 1.02. The fourth-order valence-corrected chi connectivity index (χ4v) is 2.57. The predicted octanol–water partition coefficient (Wildman–Crippen LogP) is 0.0125. The Hall–Kier alpha value is -3.87. The number of hydrogen-bond acceptors (Lipinski definition) is 10. The van der Waals surface area contributed by atoms with Crippen molar-refractivity contribution >= 4 is 34.5 Å². The van der Waals surface area contributed by atoms with Gasteiger partial charge in [0.15, 0.2) is 0 Å². The van der Waals surface area contributed by atoms with Crippen LogP contribution in [-0.2, 0) is 11.2 Å². The van der Waals surface area contributed by atoms with Crippen molar-refractivity contribution in [2.45, 2.75) is 6.42 Å². The quantitative estimate of drug-likeness (QED) is 0.289. The fourth-order valence-electron chi connectivity index (χ4n) is 1.84. The number of nitrogens with one attached hydrogen (secondary N) is 3. The lowest BCUT2D eigenvalue weighted by atomic mass is 10.2. The summed E-state index contributed by atoms with van der Waals surface area (Å²) in [5, 5.41) is 39.1. The maximum Gasteiger partial charge on any atom is 0.294 e. The van der Waals surface area contributed by atoms with E-state index in [2.05, 4.69) is 41.2 Å². The molecule has 0 saturated carbocycles. The molecule has 3 rings (SSSR count). The van der Waals surface area contributed by atoms with Gasteiger partial charge in [-0.3, -0.25) is 20.0 Å².